The van der Waals surface area contributed by atoms with Crippen molar-refractivity contribution in [2.45, 2.75) is 32.3 Å². The zero-order valence-electron chi connectivity index (χ0n) is 15.3. The minimum atomic E-state index is -1.57. The number of phenols is 4. The maximum absolute atomic E-state index is 12.8. The second-order valence-electron chi connectivity index (χ2n) is 6.27. The molecule has 0 saturated heterocycles. The number of hydrogen-bond acceptors (Lipinski definition) is 8. The quantitative estimate of drug-likeness (QED) is 0.199. The van der Waals surface area contributed by atoms with Crippen molar-refractivity contribution < 1.29 is 39.9 Å². The van der Waals surface area contributed by atoms with Gasteiger partial charge >= 0.3 is 5.97 Å². The maximum Gasteiger partial charge on any atom is 0.335 e. The number of carbonyl (C=O) groups is 2. The molecule has 0 spiro atoms. The summed E-state index contributed by atoms with van der Waals surface area (Å²) in [5.41, 5.74) is 0.0234. The van der Waals surface area contributed by atoms with Crippen LogP contribution in [0.4, 0.5) is 0 Å². The van der Waals surface area contributed by atoms with E-state index in [1.54, 1.807) is 0 Å². The van der Waals surface area contributed by atoms with E-state index in [1.165, 1.54) is 6.07 Å². The summed E-state index contributed by atoms with van der Waals surface area (Å²) in [6.45, 7) is 2.08. The van der Waals surface area contributed by atoms with Crippen molar-refractivity contribution in [3.63, 3.8) is 0 Å². The van der Waals surface area contributed by atoms with Crippen molar-refractivity contribution >= 4 is 11.8 Å². The zero-order valence-corrected chi connectivity index (χ0v) is 15.3. The number of ether oxygens (including phenoxy) is 1. The lowest BCUT2D eigenvalue weighted by Crippen LogP contribution is -2.26. The van der Waals surface area contributed by atoms with Gasteiger partial charge in [0, 0.05) is 17.5 Å². The number of esters is 1. The van der Waals surface area contributed by atoms with E-state index in [0.29, 0.717) is 6.42 Å². The number of aliphatic hydroxyl groups excluding tert-OH is 1. The molecule has 5 N–H and O–H groups in total. The average molecular weight is 390 g/mol. The molecule has 0 aromatic heterocycles. The summed E-state index contributed by atoms with van der Waals surface area (Å²) >= 11 is 0. The SMILES string of the molecule is CCCCOC(=O)[C@H](O)Cc1cc(O)c(O)cc1C(=O)c1ccc(O)c(O)c1. The molecule has 1 atom stereocenters. The van der Waals surface area contributed by atoms with Gasteiger partial charge in [0.05, 0.1) is 6.61 Å². The average Bonchev–Trinajstić information content (AvgIpc) is 2.66. The Hall–Kier alpha value is -3.26. The Labute approximate surface area is 161 Å². The molecule has 0 aliphatic heterocycles. The molecular weight excluding hydrogens is 368 g/mol. The fourth-order valence-corrected chi connectivity index (χ4v) is 2.53. The van der Waals surface area contributed by atoms with E-state index in [2.05, 4.69) is 0 Å². The summed E-state index contributed by atoms with van der Waals surface area (Å²) in [6.07, 6.45) is -0.440. The van der Waals surface area contributed by atoms with Crippen LogP contribution in [0.1, 0.15) is 41.3 Å². The summed E-state index contributed by atoms with van der Waals surface area (Å²) < 4.78 is 4.94. The smallest absolute Gasteiger partial charge is 0.335 e. The van der Waals surface area contributed by atoms with E-state index < -0.39 is 40.9 Å². The van der Waals surface area contributed by atoms with Crippen LogP contribution in [0.15, 0.2) is 30.3 Å². The molecule has 2 rings (SSSR count). The Bertz CT molecular complexity index is 875. The van der Waals surface area contributed by atoms with E-state index in [-0.39, 0.29) is 29.7 Å². The molecule has 0 fully saturated rings. The van der Waals surface area contributed by atoms with Crippen LogP contribution in [0.2, 0.25) is 0 Å². The highest BCUT2D eigenvalue weighted by Gasteiger charge is 2.23. The van der Waals surface area contributed by atoms with Crippen LogP contribution in [-0.4, -0.2) is 50.0 Å². The van der Waals surface area contributed by atoms with Gasteiger partial charge in [-0.05, 0) is 42.3 Å². The molecule has 0 aliphatic rings. The van der Waals surface area contributed by atoms with E-state index in [0.717, 1.165) is 30.7 Å². The molecule has 0 bridgehead atoms. The first-order valence-corrected chi connectivity index (χ1v) is 8.70. The number of unbranched alkanes of at least 4 members (excludes halogenated alkanes) is 1. The van der Waals surface area contributed by atoms with Crippen LogP contribution >= 0.6 is 0 Å². The van der Waals surface area contributed by atoms with Gasteiger partial charge in [0.15, 0.2) is 34.9 Å². The first-order valence-electron chi connectivity index (χ1n) is 8.70. The molecule has 0 amide bonds. The van der Waals surface area contributed by atoms with Crippen molar-refractivity contribution in [1.29, 1.82) is 0 Å². The van der Waals surface area contributed by atoms with Gasteiger partial charge in [-0.1, -0.05) is 13.3 Å². The number of rotatable bonds is 8. The van der Waals surface area contributed by atoms with Crippen molar-refractivity contribution in [2.24, 2.45) is 0 Å². The molecular formula is C20H22O8. The fourth-order valence-electron chi connectivity index (χ4n) is 2.53. The highest BCUT2D eigenvalue weighted by Crippen LogP contribution is 2.32. The van der Waals surface area contributed by atoms with Crippen molar-refractivity contribution in [2.75, 3.05) is 6.61 Å². The summed E-state index contributed by atoms with van der Waals surface area (Å²) in [5, 5.41) is 48.6. The number of hydrogen-bond donors (Lipinski definition) is 5. The monoisotopic (exact) mass is 390 g/mol. The van der Waals surface area contributed by atoms with Gasteiger partial charge in [-0.25, -0.2) is 4.79 Å². The minimum Gasteiger partial charge on any atom is -0.504 e. The van der Waals surface area contributed by atoms with Crippen LogP contribution in [0.3, 0.4) is 0 Å². The molecule has 2 aromatic carbocycles. The van der Waals surface area contributed by atoms with E-state index in [4.69, 9.17) is 4.74 Å². The fraction of sp³-hybridized carbons (Fsp3) is 0.300. The Morgan fingerprint density at radius 3 is 2.25 bits per heavy atom. The third-order valence-corrected chi connectivity index (χ3v) is 4.11. The topological polar surface area (TPSA) is 145 Å². The first kappa shape index (κ1) is 21.0. The predicted molar refractivity (Wildman–Crippen MR) is 98.6 cm³/mol. The minimum absolute atomic E-state index is 0.00153. The van der Waals surface area contributed by atoms with E-state index >= 15 is 0 Å². The van der Waals surface area contributed by atoms with Gasteiger partial charge in [-0.15, -0.1) is 0 Å². The zero-order chi connectivity index (χ0) is 20.8. The van der Waals surface area contributed by atoms with E-state index in [1.807, 2.05) is 6.92 Å². The molecule has 0 unspecified atom stereocenters. The number of aromatic hydroxyl groups is 4. The summed E-state index contributed by atoms with van der Waals surface area (Å²) in [5.74, 6) is -3.50. The maximum atomic E-state index is 12.8. The normalized spacial score (nSPS) is 11.8. The Balaban J connectivity index is 2.32. The lowest BCUT2D eigenvalue weighted by molar-refractivity contribution is -0.153. The lowest BCUT2D eigenvalue weighted by atomic mass is 9.94. The van der Waals surface area contributed by atoms with Crippen molar-refractivity contribution in [3.05, 3.63) is 47.0 Å². The summed E-state index contributed by atoms with van der Waals surface area (Å²) in [6, 6.07) is 5.52. The Kier molecular flexibility index (Phi) is 6.84. The third-order valence-electron chi connectivity index (χ3n) is 4.11. The molecule has 0 radical (unpaired) electrons. The summed E-state index contributed by atoms with van der Waals surface area (Å²) in [7, 11) is 0. The number of aliphatic hydroxyl groups is 1. The second-order valence-corrected chi connectivity index (χ2v) is 6.27. The van der Waals surface area contributed by atoms with Crippen LogP contribution in [0.5, 0.6) is 23.0 Å². The molecule has 8 nitrogen and oxygen atoms in total. The van der Waals surface area contributed by atoms with Crippen LogP contribution in [0, 0.1) is 0 Å². The predicted octanol–water partition coefficient (Wildman–Crippen LogP) is 1.99. The van der Waals surface area contributed by atoms with Gasteiger partial charge in [0.25, 0.3) is 0 Å². The number of carbonyl (C=O) groups excluding carboxylic acids is 2. The van der Waals surface area contributed by atoms with Gasteiger partial charge in [-0.3, -0.25) is 4.79 Å². The molecule has 8 heteroatoms. The molecule has 0 saturated carbocycles. The van der Waals surface area contributed by atoms with Crippen LogP contribution < -0.4 is 0 Å². The number of benzene rings is 2. The molecule has 2 aromatic rings. The van der Waals surface area contributed by atoms with Gasteiger partial charge in [-0.2, -0.15) is 0 Å². The van der Waals surface area contributed by atoms with Gasteiger partial charge < -0.3 is 30.3 Å². The third kappa shape index (κ3) is 4.92. The first-order chi connectivity index (χ1) is 13.2. The highest BCUT2D eigenvalue weighted by molar-refractivity contribution is 6.10. The second kappa shape index (κ2) is 9.09. The number of ketones is 1. The van der Waals surface area contributed by atoms with Crippen LogP contribution in [-0.2, 0) is 16.0 Å². The Morgan fingerprint density at radius 2 is 1.61 bits per heavy atom. The summed E-state index contributed by atoms with van der Waals surface area (Å²) in [4.78, 5) is 24.7. The van der Waals surface area contributed by atoms with Crippen LogP contribution in [0.25, 0.3) is 0 Å². The van der Waals surface area contributed by atoms with Gasteiger partial charge in [0.1, 0.15) is 0 Å². The Morgan fingerprint density at radius 1 is 0.964 bits per heavy atom. The van der Waals surface area contributed by atoms with Crippen molar-refractivity contribution in [3.8, 4) is 23.0 Å². The molecule has 150 valence electrons. The standard InChI is InChI=1S/C20H22O8/c1-2-3-6-28-20(27)18(25)9-12-8-16(23)17(24)10-13(12)19(26)11-4-5-14(21)15(22)7-11/h4-5,7-8,10,18,21-25H,2-3,6,9H2,1H3/t18-/m1/s1. The number of phenolic OH excluding ortho intramolecular Hbond substituents is 4. The van der Waals surface area contributed by atoms with Crippen molar-refractivity contribution in [1.82, 2.24) is 0 Å². The lowest BCUT2D eigenvalue weighted by Gasteiger charge is -2.15. The molecule has 0 aliphatic carbocycles. The largest absolute Gasteiger partial charge is 0.504 e. The molecule has 28 heavy (non-hydrogen) atoms. The molecule has 0 heterocycles. The van der Waals surface area contributed by atoms with Gasteiger partial charge in [0.2, 0.25) is 0 Å². The van der Waals surface area contributed by atoms with E-state index in [9.17, 15) is 35.1 Å². The highest BCUT2D eigenvalue weighted by atomic mass is 16.5.